The number of rotatable bonds is 3. The van der Waals surface area contributed by atoms with Gasteiger partial charge < -0.3 is 9.42 Å². The van der Waals surface area contributed by atoms with Gasteiger partial charge in [0.05, 0.1) is 17.1 Å². The van der Waals surface area contributed by atoms with Crippen LogP contribution in [0, 0.1) is 13.8 Å². The molecule has 1 aliphatic heterocycles. The molecule has 0 aliphatic carbocycles. The minimum absolute atomic E-state index is 0.00393. The van der Waals surface area contributed by atoms with Gasteiger partial charge in [-0.3, -0.25) is 14.2 Å². The van der Waals surface area contributed by atoms with Gasteiger partial charge in [-0.15, -0.1) is 0 Å². The lowest BCUT2D eigenvalue weighted by Gasteiger charge is -2.34. The summed E-state index contributed by atoms with van der Waals surface area (Å²) >= 11 is 0. The van der Waals surface area contributed by atoms with Gasteiger partial charge in [-0.05, 0) is 45.2 Å². The molecule has 4 rings (SSSR count). The number of para-hydroxylation sites is 2. The molecular weight excluding hydrogens is 344 g/mol. The quantitative estimate of drug-likeness (QED) is 0.712. The summed E-state index contributed by atoms with van der Waals surface area (Å²) < 4.78 is 6.73. The Kier molecular flexibility index (Phi) is 4.51. The van der Waals surface area contributed by atoms with Gasteiger partial charge in [-0.2, -0.15) is 0 Å². The standard InChI is InChI=1S/C20H22N4O3/c1-13-11-16(22-27-13)18-9-5-6-10-23(18)19(25)12-24-17-8-4-3-7-15(17)21-14(2)20(24)26/h3-4,7-8,11,18H,5-6,9-10,12H2,1-2H3/t18-/m1/s1. The summed E-state index contributed by atoms with van der Waals surface area (Å²) in [7, 11) is 0. The predicted octanol–water partition coefficient (Wildman–Crippen LogP) is 2.76. The van der Waals surface area contributed by atoms with E-state index in [2.05, 4.69) is 10.1 Å². The van der Waals surface area contributed by atoms with Crippen LogP contribution in [0.15, 0.2) is 39.6 Å². The molecule has 7 nitrogen and oxygen atoms in total. The summed E-state index contributed by atoms with van der Waals surface area (Å²) in [5.41, 5.74) is 2.33. The molecule has 2 aromatic heterocycles. The topological polar surface area (TPSA) is 81.2 Å². The summed E-state index contributed by atoms with van der Waals surface area (Å²) in [5.74, 6) is 0.646. The first-order chi connectivity index (χ1) is 13.0. The van der Waals surface area contributed by atoms with Crippen LogP contribution in [0.2, 0.25) is 0 Å². The molecule has 0 N–H and O–H groups in total. The van der Waals surface area contributed by atoms with Crippen molar-refractivity contribution in [3.05, 3.63) is 57.8 Å². The van der Waals surface area contributed by atoms with Crippen molar-refractivity contribution in [2.75, 3.05) is 6.54 Å². The van der Waals surface area contributed by atoms with Crippen LogP contribution in [0.25, 0.3) is 11.0 Å². The molecule has 1 aromatic carbocycles. The minimum Gasteiger partial charge on any atom is -0.361 e. The van der Waals surface area contributed by atoms with Gasteiger partial charge in [0.2, 0.25) is 5.91 Å². The molecule has 27 heavy (non-hydrogen) atoms. The molecule has 1 amide bonds. The van der Waals surface area contributed by atoms with E-state index in [9.17, 15) is 9.59 Å². The number of fused-ring (bicyclic) bond motifs is 1. The Labute approximate surface area is 156 Å². The average Bonchev–Trinajstić information content (AvgIpc) is 3.11. The smallest absolute Gasteiger partial charge is 0.272 e. The van der Waals surface area contributed by atoms with Gasteiger partial charge in [0.25, 0.3) is 5.56 Å². The molecule has 0 saturated carbocycles. The highest BCUT2D eigenvalue weighted by Crippen LogP contribution is 2.30. The van der Waals surface area contributed by atoms with E-state index in [1.54, 1.807) is 6.92 Å². The molecule has 0 spiro atoms. The fourth-order valence-electron chi connectivity index (χ4n) is 3.78. The second kappa shape index (κ2) is 6.98. The number of aromatic nitrogens is 3. The van der Waals surface area contributed by atoms with Crippen LogP contribution >= 0.6 is 0 Å². The van der Waals surface area contributed by atoms with E-state index in [0.717, 1.165) is 30.7 Å². The van der Waals surface area contributed by atoms with Crippen molar-refractivity contribution in [1.82, 2.24) is 19.6 Å². The lowest BCUT2D eigenvalue weighted by molar-refractivity contribution is -0.135. The highest BCUT2D eigenvalue weighted by Gasteiger charge is 2.30. The molecular formula is C20H22N4O3. The molecule has 1 fully saturated rings. The van der Waals surface area contributed by atoms with E-state index in [-0.39, 0.29) is 24.1 Å². The number of hydrogen-bond donors (Lipinski definition) is 0. The maximum atomic E-state index is 13.2. The minimum atomic E-state index is -0.229. The Hall–Kier alpha value is -2.96. The number of likely N-dealkylation sites (tertiary alicyclic amines) is 1. The van der Waals surface area contributed by atoms with Crippen LogP contribution in [0.3, 0.4) is 0 Å². The van der Waals surface area contributed by atoms with Crippen molar-refractivity contribution < 1.29 is 9.32 Å². The Morgan fingerprint density at radius 1 is 1.26 bits per heavy atom. The Bertz CT molecular complexity index is 1050. The first-order valence-electron chi connectivity index (χ1n) is 9.23. The van der Waals surface area contributed by atoms with Crippen molar-refractivity contribution >= 4 is 16.9 Å². The summed E-state index contributed by atoms with van der Waals surface area (Å²) in [5, 5.41) is 4.11. The maximum absolute atomic E-state index is 13.2. The zero-order valence-corrected chi connectivity index (χ0v) is 15.5. The molecule has 140 valence electrons. The number of carbonyl (C=O) groups excluding carboxylic acids is 1. The highest BCUT2D eigenvalue weighted by atomic mass is 16.5. The molecule has 0 unspecified atom stereocenters. The molecule has 1 atom stereocenters. The SMILES string of the molecule is Cc1cc([C@H]2CCCCN2C(=O)Cn2c(=O)c(C)nc3ccccc32)no1. The third-order valence-electron chi connectivity index (χ3n) is 5.12. The number of aryl methyl sites for hydroxylation is 2. The predicted molar refractivity (Wildman–Crippen MR) is 100 cm³/mol. The van der Waals surface area contributed by atoms with Crippen molar-refractivity contribution in [1.29, 1.82) is 0 Å². The van der Waals surface area contributed by atoms with Crippen molar-refractivity contribution in [2.45, 2.75) is 45.7 Å². The van der Waals surface area contributed by atoms with Crippen molar-refractivity contribution in [3.63, 3.8) is 0 Å². The van der Waals surface area contributed by atoms with Crippen molar-refractivity contribution in [2.24, 2.45) is 0 Å². The fourth-order valence-corrected chi connectivity index (χ4v) is 3.78. The number of benzene rings is 1. The van der Waals surface area contributed by atoms with Crippen LogP contribution < -0.4 is 5.56 Å². The number of piperidine rings is 1. The number of nitrogens with zero attached hydrogens (tertiary/aromatic N) is 4. The van der Waals surface area contributed by atoms with E-state index >= 15 is 0 Å². The lowest BCUT2D eigenvalue weighted by Crippen LogP contribution is -2.42. The van der Waals surface area contributed by atoms with Gasteiger partial charge in [-0.25, -0.2) is 4.98 Å². The van der Waals surface area contributed by atoms with E-state index < -0.39 is 0 Å². The van der Waals surface area contributed by atoms with Gasteiger partial charge in [0.1, 0.15) is 23.7 Å². The summed E-state index contributed by atoms with van der Waals surface area (Å²) in [4.78, 5) is 32.0. The average molecular weight is 366 g/mol. The lowest BCUT2D eigenvalue weighted by atomic mass is 9.99. The van der Waals surface area contributed by atoms with Crippen LogP contribution in [-0.2, 0) is 11.3 Å². The number of hydrogen-bond acceptors (Lipinski definition) is 5. The first kappa shape index (κ1) is 17.5. The van der Waals surface area contributed by atoms with Crippen LogP contribution in [-0.4, -0.2) is 32.1 Å². The van der Waals surface area contributed by atoms with E-state index in [0.29, 0.717) is 23.3 Å². The monoisotopic (exact) mass is 366 g/mol. The summed E-state index contributed by atoms with van der Waals surface area (Å²) in [6.45, 7) is 4.18. The number of carbonyl (C=O) groups is 1. The normalized spacial score (nSPS) is 17.4. The molecule has 0 radical (unpaired) electrons. The van der Waals surface area contributed by atoms with E-state index in [4.69, 9.17) is 4.52 Å². The molecule has 3 heterocycles. The molecule has 1 saturated heterocycles. The third-order valence-corrected chi connectivity index (χ3v) is 5.12. The largest absolute Gasteiger partial charge is 0.361 e. The van der Waals surface area contributed by atoms with Gasteiger partial charge in [0.15, 0.2) is 0 Å². The third kappa shape index (κ3) is 3.25. The molecule has 0 bridgehead atoms. The Balaban J connectivity index is 1.68. The molecule has 7 heteroatoms. The Morgan fingerprint density at radius 3 is 2.85 bits per heavy atom. The van der Waals surface area contributed by atoms with Gasteiger partial charge in [0, 0.05) is 12.6 Å². The first-order valence-corrected chi connectivity index (χ1v) is 9.23. The summed E-state index contributed by atoms with van der Waals surface area (Å²) in [6, 6.07) is 9.18. The zero-order valence-electron chi connectivity index (χ0n) is 15.5. The van der Waals surface area contributed by atoms with Crippen LogP contribution in [0.4, 0.5) is 0 Å². The number of amides is 1. The summed E-state index contributed by atoms with van der Waals surface area (Å²) in [6.07, 6.45) is 2.84. The fraction of sp³-hybridized carbons (Fsp3) is 0.400. The molecule has 1 aliphatic rings. The second-order valence-electron chi connectivity index (χ2n) is 7.04. The van der Waals surface area contributed by atoms with Crippen LogP contribution in [0.5, 0.6) is 0 Å². The maximum Gasteiger partial charge on any atom is 0.272 e. The van der Waals surface area contributed by atoms with Crippen molar-refractivity contribution in [3.8, 4) is 0 Å². The van der Waals surface area contributed by atoms with Gasteiger partial charge >= 0.3 is 0 Å². The molecule has 3 aromatic rings. The zero-order chi connectivity index (χ0) is 19.0. The van der Waals surface area contributed by atoms with E-state index in [1.807, 2.05) is 42.2 Å². The van der Waals surface area contributed by atoms with Crippen LogP contribution in [0.1, 0.15) is 42.5 Å². The second-order valence-corrected chi connectivity index (χ2v) is 7.04. The highest BCUT2D eigenvalue weighted by molar-refractivity contribution is 5.80. The van der Waals surface area contributed by atoms with E-state index in [1.165, 1.54) is 4.57 Å². The van der Waals surface area contributed by atoms with Gasteiger partial charge in [-0.1, -0.05) is 17.3 Å². The Morgan fingerprint density at radius 2 is 2.07 bits per heavy atom.